The second-order valence-corrected chi connectivity index (χ2v) is 6.56. The lowest BCUT2D eigenvalue weighted by molar-refractivity contribution is -0.155. The molecule has 0 aromatic carbocycles. The number of hydrogen-bond donors (Lipinski definition) is 1. The summed E-state index contributed by atoms with van der Waals surface area (Å²) in [4.78, 5) is 26.7. The van der Waals surface area contributed by atoms with Crippen molar-refractivity contribution in [2.75, 3.05) is 13.2 Å². The van der Waals surface area contributed by atoms with Crippen LogP contribution >= 0.6 is 0 Å². The van der Waals surface area contributed by atoms with Crippen molar-refractivity contribution in [2.45, 2.75) is 63.6 Å². The van der Waals surface area contributed by atoms with E-state index in [9.17, 15) is 9.59 Å². The van der Waals surface area contributed by atoms with E-state index >= 15 is 0 Å². The summed E-state index contributed by atoms with van der Waals surface area (Å²) < 4.78 is 5.61. The number of hydrogen-bond acceptors (Lipinski definition) is 3. The number of carbonyl (C=O) groups excluding carboxylic acids is 2. The van der Waals surface area contributed by atoms with E-state index in [1.54, 1.807) is 4.90 Å². The van der Waals surface area contributed by atoms with Gasteiger partial charge >= 0.3 is 0 Å². The molecule has 2 saturated heterocycles. The van der Waals surface area contributed by atoms with Gasteiger partial charge in [-0.15, -0.1) is 0 Å². The van der Waals surface area contributed by atoms with Crippen molar-refractivity contribution in [3.63, 3.8) is 0 Å². The molecule has 2 aliphatic heterocycles. The minimum atomic E-state index is -0.680. The fraction of sp³-hybridized carbons (Fsp3) is 0.867. The first-order valence-electron chi connectivity index (χ1n) is 7.77. The van der Waals surface area contributed by atoms with Gasteiger partial charge in [-0.1, -0.05) is 0 Å². The number of amides is 2. The molecule has 0 bridgehead atoms. The Morgan fingerprint density at radius 2 is 2.10 bits per heavy atom. The van der Waals surface area contributed by atoms with E-state index in [0.29, 0.717) is 12.5 Å². The zero-order valence-electron chi connectivity index (χ0n) is 12.4. The molecule has 3 unspecified atom stereocenters. The van der Waals surface area contributed by atoms with Gasteiger partial charge in [0.05, 0.1) is 6.10 Å². The number of nitrogens with one attached hydrogen (secondary N) is 1. The minimum absolute atomic E-state index is 0.0219. The van der Waals surface area contributed by atoms with Gasteiger partial charge in [0.2, 0.25) is 11.8 Å². The van der Waals surface area contributed by atoms with Crippen molar-refractivity contribution in [3.8, 4) is 0 Å². The van der Waals surface area contributed by atoms with Crippen LogP contribution in [0.1, 0.15) is 46.0 Å². The van der Waals surface area contributed by atoms with Crippen LogP contribution in [0, 0.1) is 5.92 Å². The van der Waals surface area contributed by atoms with Gasteiger partial charge in [-0.2, -0.15) is 0 Å². The highest BCUT2D eigenvalue weighted by Crippen LogP contribution is 2.42. The van der Waals surface area contributed by atoms with Gasteiger partial charge in [-0.05, 0) is 51.9 Å². The van der Waals surface area contributed by atoms with Crippen LogP contribution in [0.2, 0.25) is 0 Å². The molecule has 3 aliphatic rings. The molecule has 1 N–H and O–H groups in total. The molecule has 0 aromatic heterocycles. The summed E-state index contributed by atoms with van der Waals surface area (Å²) in [5.74, 6) is 0.383. The Kier molecular flexibility index (Phi) is 3.48. The van der Waals surface area contributed by atoms with Gasteiger partial charge in [-0.25, -0.2) is 0 Å². The molecule has 1 aliphatic carbocycles. The molecule has 20 heavy (non-hydrogen) atoms. The van der Waals surface area contributed by atoms with Crippen molar-refractivity contribution < 1.29 is 14.3 Å². The van der Waals surface area contributed by atoms with Crippen molar-refractivity contribution in [2.24, 2.45) is 5.92 Å². The Labute approximate surface area is 120 Å². The largest absolute Gasteiger partial charge is 0.378 e. The highest BCUT2D eigenvalue weighted by atomic mass is 16.5. The first-order chi connectivity index (χ1) is 9.52. The van der Waals surface area contributed by atoms with Crippen LogP contribution in [-0.4, -0.2) is 47.6 Å². The monoisotopic (exact) mass is 280 g/mol. The molecule has 0 spiro atoms. The maximum atomic E-state index is 12.8. The van der Waals surface area contributed by atoms with E-state index < -0.39 is 5.54 Å². The lowest BCUT2D eigenvalue weighted by Crippen LogP contribution is -2.69. The van der Waals surface area contributed by atoms with Crippen molar-refractivity contribution in [3.05, 3.63) is 0 Å². The van der Waals surface area contributed by atoms with Gasteiger partial charge in [0.25, 0.3) is 0 Å². The molecule has 2 heterocycles. The van der Waals surface area contributed by atoms with Gasteiger partial charge in [0, 0.05) is 13.2 Å². The lowest BCUT2D eigenvalue weighted by atomic mass is 9.89. The van der Waals surface area contributed by atoms with Crippen LogP contribution in [0.4, 0.5) is 0 Å². The van der Waals surface area contributed by atoms with E-state index in [1.807, 2.05) is 13.8 Å². The third kappa shape index (κ3) is 2.32. The minimum Gasteiger partial charge on any atom is -0.378 e. The summed E-state index contributed by atoms with van der Waals surface area (Å²) in [6.45, 7) is 5.15. The molecule has 0 aromatic rings. The molecule has 3 rings (SSSR count). The van der Waals surface area contributed by atoms with Gasteiger partial charge in [0.15, 0.2) is 0 Å². The predicted molar refractivity (Wildman–Crippen MR) is 74.0 cm³/mol. The number of piperazine rings is 1. The molecule has 112 valence electrons. The smallest absolute Gasteiger partial charge is 0.249 e. The van der Waals surface area contributed by atoms with E-state index in [2.05, 4.69) is 5.32 Å². The molecular weight excluding hydrogens is 256 g/mol. The van der Waals surface area contributed by atoms with Crippen LogP contribution in [-0.2, 0) is 14.3 Å². The Hall–Kier alpha value is -1.10. The van der Waals surface area contributed by atoms with Crippen LogP contribution in [0.3, 0.4) is 0 Å². The molecule has 1 saturated carbocycles. The molecule has 2 amide bonds. The average molecular weight is 280 g/mol. The predicted octanol–water partition coefficient (Wildman–Crippen LogP) is 1.07. The van der Waals surface area contributed by atoms with E-state index in [1.165, 1.54) is 0 Å². The number of nitrogens with zero attached hydrogens (tertiary/aromatic N) is 1. The average Bonchev–Trinajstić information content (AvgIpc) is 3.15. The zero-order chi connectivity index (χ0) is 14.3. The lowest BCUT2D eigenvalue weighted by Gasteiger charge is -2.44. The highest BCUT2D eigenvalue weighted by molar-refractivity contribution is 5.99. The Morgan fingerprint density at radius 1 is 1.35 bits per heavy atom. The first-order valence-corrected chi connectivity index (χ1v) is 7.77. The Morgan fingerprint density at radius 3 is 2.70 bits per heavy atom. The third-order valence-electron chi connectivity index (χ3n) is 5.04. The van der Waals surface area contributed by atoms with E-state index in [-0.39, 0.29) is 24.0 Å². The molecule has 0 radical (unpaired) electrons. The first kappa shape index (κ1) is 13.9. The van der Waals surface area contributed by atoms with Gasteiger partial charge < -0.3 is 15.0 Å². The molecule has 3 fully saturated rings. The molecule has 5 heteroatoms. The quantitative estimate of drug-likeness (QED) is 0.838. The van der Waals surface area contributed by atoms with Gasteiger partial charge in [-0.3, -0.25) is 9.59 Å². The summed E-state index contributed by atoms with van der Waals surface area (Å²) in [5, 5.41) is 2.95. The second kappa shape index (κ2) is 5.02. The normalized spacial score (nSPS) is 38.2. The van der Waals surface area contributed by atoms with Crippen LogP contribution < -0.4 is 5.32 Å². The second-order valence-electron chi connectivity index (χ2n) is 6.56. The van der Waals surface area contributed by atoms with Crippen molar-refractivity contribution in [1.82, 2.24) is 10.2 Å². The third-order valence-corrected chi connectivity index (χ3v) is 5.04. The van der Waals surface area contributed by atoms with E-state index in [4.69, 9.17) is 4.74 Å². The fourth-order valence-electron chi connectivity index (χ4n) is 3.42. The summed E-state index contributed by atoms with van der Waals surface area (Å²) in [6, 6.07) is -0.365. The Bertz CT molecular complexity index is 415. The molecule has 5 nitrogen and oxygen atoms in total. The number of ether oxygens (including phenoxy) is 1. The summed E-state index contributed by atoms with van der Waals surface area (Å²) in [7, 11) is 0. The van der Waals surface area contributed by atoms with Crippen LogP contribution in [0.5, 0.6) is 0 Å². The maximum Gasteiger partial charge on any atom is 0.249 e. The summed E-state index contributed by atoms with van der Waals surface area (Å²) in [6.07, 6.45) is 5.35. The van der Waals surface area contributed by atoms with Crippen LogP contribution in [0.15, 0.2) is 0 Å². The van der Waals surface area contributed by atoms with Crippen LogP contribution in [0.25, 0.3) is 0 Å². The Balaban J connectivity index is 1.69. The zero-order valence-corrected chi connectivity index (χ0v) is 12.4. The highest BCUT2D eigenvalue weighted by Gasteiger charge is 2.54. The summed E-state index contributed by atoms with van der Waals surface area (Å²) in [5.41, 5.74) is -0.680. The number of rotatable bonds is 4. The SMILES string of the molecule is CC1C(=O)NC(C)(C2CC2)C(=O)N1CCC1CCCO1. The topological polar surface area (TPSA) is 58.6 Å². The van der Waals surface area contributed by atoms with Crippen molar-refractivity contribution in [1.29, 1.82) is 0 Å². The standard InChI is InChI=1S/C15H24N2O3/c1-10-13(18)16-15(2,11-5-6-11)14(19)17(10)8-7-12-4-3-9-20-12/h10-12H,3-9H2,1-2H3,(H,16,18). The number of carbonyl (C=O) groups is 2. The van der Waals surface area contributed by atoms with Gasteiger partial charge in [0.1, 0.15) is 11.6 Å². The fourth-order valence-corrected chi connectivity index (χ4v) is 3.42. The molecule has 3 atom stereocenters. The van der Waals surface area contributed by atoms with Crippen molar-refractivity contribution >= 4 is 11.8 Å². The molecular formula is C15H24N2O3. The van der Waals surface area contributed by atoms with E-state index in [0.717, 1.165) is 38.7 Å². The summed E-state index contributed by atoms with van der Waals surface area (Å²) >= 11 is 0. The maximum absolute atomic E-state index is 12.8.